The van der Waals surface area contributed by atoms with Crippen molar-refractivity contribution < 1.29 is 9.90 Å². The van der Waals surface area contributed by atoms with E-state index in [2.05, 4.69) is 10.3 Å². The molecule has 6 heteroatoms. The fourth-order valence-electron chi connectivity index (χ4n) is 1.50. The molecule has 0 aliphatic rings. The van der Waals surface area contributed by atoms with E-state index in [0.717, 1.165) is 10.7 Å². The number of hydrogen-bond donors (Lipinski definition) is 2. The second kappa shape index (κ2) is 5.07. The summed E-state index contributed by atoms with van der Waals surface area (Å²) in [6, 6.07) is 0. The molecule has 0 saturated heterocycles. The number of hydrogen-bond acceptors (Lipinski definition) is 4. The summed E-state index contributed by atoms with van der Waals surface area (Å²) in [5.41, 5.74) is -0.0972. The summed E-state index contributed by atoms with van der Waals surface area (Å²) in [5.74, 6) is -0.116. The van der Waals surface area contributed by atoms with Crippen LogP contribution in [0.3, 0.4) is 0 Å². The molecule has 2 heterocycles. The van der Waals surface area contributed by atoms with Gasteiger partial charge in [-0.05, 0) is 13.3 Å². The standard InChI is InChI=1S/C12H17N3O2S/c1-3-12(2,17)8-13-10(16)6-9-7-15-4-5-18-11(15)14-9/h4-5,7,17H,3,6,8H2,1-2H3,(H,13,16). The molecule has 2 aromatic heterocycles. The third-order valence-corrected chi connectivity index (χ3v) is 3.68. The summed E-state index contributed by atoms with van der Waals surface area (Å²) in [4.78, 5) is 16.9. The molecule has 5 nitrogen and oxygen atoms in total. The number of rotatable bonds is 5. The Morgan fingerprint density at radius 1 is 1.67 bits per heavy atom. The van der Waals surface area contributed by atoms with Crippen molar-refractivity contribution in [3.05, 3.63) is 23.5 Å². The lowest BCUT2D eigenvalue weighted by molar-refractivity contribution is -0.121. The summed E-state index contributed by atoms with van der Waals surface area (Å²) in [7, 11) is 0. The van der Waals surface area contributed by atoms with Gasteiger partial charge in [0.15, 0.2) is 4.96 Å². The van der Waals surface area contributed by atoms with Crippen molar-refractivity contribution in [1.29, 1.82) is 0 Å². The zero-order chi connectivity index (χ0) is 13.2. The Balaban J connectivity index is 1.90. The number of imidazole rings is 1. The second-order valence-electron chi connectivity index (χ2n) is 4.63. The Morgan fingerprint density at radius 3 is 3.11 bits per heavy atom. The van der Waals surface area contributed by atoms with Gasteiger partial charge in [0.05, 0.1) is 17.7 Å². The van der Waals surface area contributed by atoms with Crippen LogP contribution < -0.4 is 5.32 Å². The molecule has 0 fully saturated rings. The Labute approximate surface area is 109 Å². The highest BCUT2D eigenvalue weighted by Crippen LogP contribution is 2.12. The lowest BCUT2D eigenvalue weighted by atomic mass is 10.0. The van der Waals surface area contributed by atoms with Crippen LogP contribution in [-0.4, -0.2) is 32.5 Å². The molecule has 98 valence electrons. The summed E-state index contributed by atoms with van der Waals surface area (Å²) < 4.78 is 1.90. The molecule has 0 radical (unpaired) electrons. The van der Waals surface area contributed by atoms with Crippen LogP contribution in [0.1, 0.15) is 26.0 Å². The van der Waals surface area contributed by atoms with Crippen LogP contribution in [-0.2, 0) is 11.2 Å². The van der Waals surface area contributed by atoms with Gasteiger partial charge in [-0.1, -0.05) is 6.92 Å². The Kier molecular flexibility index (Phi) is 3.68. The molecule has 0 saturated carbocycles. The van der Waals surface area contributed by atoms with Gasteiger partial charge in [-0.2, -0.15) is 0 Å². The van der Waals surface area contributed by atoms with Gasteiger partial charge in [0.2, 0.25) is 5.91 Å². The number of aliphatic hydroxyl groups is 1. The zero-order valence-electron chi connectivity index (χ0n) is 10.5. The number of fused-ring (bicyclic) bond motifs is 1. The van der Waals surface area contributed by atoms with E-state index < -0.39 is 5.60 Å². The zero-order valence-corrected chi connectivity index (χ0v) is 11.3. The molecule has 2 rings (SSSR count). The molecule has 1 amide bonds. The number of amides is 1. The van der Waals surface area contributed by atoms with Crippen LogP contribution >= 0.6 is 11.3 Å². The van der Waals surface area contributed by atoms with E-state index >= 15 is 0 Å². The van der Waals surface area contributed by atoms with Gasteiger partial charge < -0.3 is 10.4 Å². The summed E-state index contributed by atoms with van der Waals surface area (Å²) >= 11 is 1.54. The fourth-order valence-corrected chi connectivity index (χ4v) is 2.22. The lowest BCUT2D eigenvalue weighted by Gasteiger charge is -2.21. The SMILES string of the molecule is CCC(C)(O)CNC(=O)Cc1cn2ccsc2n1. The maximum absolute atomic E-state index is 11.7. The highest BCUT2D eigenvalue weighted by Gasteiger charge is 2.18. The van der Waals surface area contributed by atoms with Crippen LogP contribution in [0.25, 0.3) is 4.96 Å². The van der Waals surface area contributed by atoms with Crippen molar-refractivity contribution in [1.82, 2.24) is 14.7 Å². The fraction of sp³-hybridized carbons (Fsp3) is 0.500. The van der Waals surface area contributed by atoms with E-state index in [1.54, 1.807) is 6.92 Å². The van der Waals surface area contributed by atoms with E-state index in [4.69, 9.17) is 0 Å². The van der Waals surface area contributed by atoms with Crippen molar-refractivity contribution in [2.24, 2.45) is 0 Å². The van der Waals surface area contributed by atoms with Crippen LogP contribution in [0.5, 0.6) is 0 Å². The molecule has 2 N–H and O–H groups in total. The average molecular weight is 267 g/mol. The van der Waals surface area contributed by atoms with Crippen molar-refractivity contribution in [2.75, 3.05) is 6.54 Å². The first-order chi connectivity index (χ1) is 8.50. The first kappa shape index (κ1) is 13.0. The third kappa shape index (κ3) is 3.08. The van der Waals surface area contributed by atoms with Gasteiger partial charge in [0.25, 0.3) is 0 Å². The Morgan fingerprint density at radius 2 is 2.44 bits per heavy atom. The predicted octanol–water partition coefficient (Wildman–Crippen LogP) is 1.22. The van der Waals surface area contributed by atoms with Crippen LogP contribution in [0.2, 0.25) is 0 Å². The third-order valence-electron chi connectivity index (χ3n) is 2.91. The molecule has 2 aromatic rings. The number of carbonyl (C=O) groups excluding carboxylic acids is 1. The minimum atomic E-state index is -0.843. The van der Waals surface area contributed by atoms with E-state index in [0.29, 0.717) is 6.42 Å². The Hall–Kier alpha value is -1.40. The quantitative estimate of drug-likeness (QED) is 0.856. The molecule has 0 spiro atoms. The first-order valence-corrected chi connectivity index (χ1v) is 6.78. The topological polar surface area (TPSA) is 66.6 Å². The molecule has 1 atom stereocenters. The molecular formula is C12H17N3O2S. The van der Waals surface area contributed by atoms with Gasteiger partial charge in [0.1, 0.15) is 0 Å². The van der Waals surface area contributed by atoms with Gasteiger partial charge in [-0.25, -0.2) is 4.98 Å². The molecule has 0 aromatic carbocycles. The summed E-state index contributed by atoms with van der Waals surface area (Å²) in [5, 5.41) is 14.5. The van der Waals surface area contributed by atoms with Crippen molar-refractivity contribution in [2.45, 2.75) is 32.3 Å². The molecule has 1 unspecified atom stereocenters. The number of thiazole rings is 1. The number of aromatic nitrogens is 2. The normalized spacial score (nSPS) is 14.6. The van der Waals surface area contributed by atoms with Crippen molar-refractivity contribution in [3.63, 3.8) is 0 Å². The summed E-state index contributed by atoms with van der Waals surface area (Å²) in [6.07, 6.45) is 4.61. The van der Waals surface area contributed by atoms with Crippen molar-refractivity contribution in [3.8, 4) is 0 Å². The maximum Gasteiger partial charge on any atom is 0.226 e. The monoisotopic (exact) mass is 267 g/mol. The van der Waals surface area contributed by atoms with E-state index in [1.165, 1.54) is 11.3 Å². The minimum absolute atomic E-state index is 0.116. The molecule has 18 heavy (non-hydrogen) atoms. The molecule has 0 bridgehead atoms. The highest BCUT2D eigenvalue weighted by molar-refractivity contribution is 7.15. The molecular weight excluding hydrogens is 250 g/mol. The summed E-state index contributed by atoms with van der Waals surface area (Å²) in [6.45, 7) is 3.86. The predicted molar refractivity (Wildman–Crippen MR) is 70.7 cm³/mol. The smallest absolute Gasteiger partial charge is 0.226 e. The van der Waals surface area contributed by atoms with Crippen LogP contribution in [0.15, 0.2) is 17.8 Å². The van der Waals surface area contributed by atoms with E-state index in [1.807, 2.05) is 29.1 Å². The van der Waals surface area contributed by atoms with E-state index in [9.17, 15) is 9.90 Å². The first-order valence-electron chi connectivity index (χ1n) is 5.90. The largest absolute Gasteiger partial charge is 0.388 e. The lowest BCUT2D eigenvalue weighted by Crippen LogP contribution is -2.40. The van der Waals surface area contributed by atoms with Gasteiger partial charge >= 0.3 is 0 Å². The van der Waals surface area contributed by atoms with Gasteiger partial charge in [0, 0.05) is 24.3 Å². The molecule has 0 aliphatic heterocycles. The highest BCUT2D eigenvalue weighted by atomic mass is 32.1. The van der Waals surface area contributed by atoms with Crippen molar-refractivity contribution >= 4 is 22.2 Å². The van der Waals surface area contributed by atoms with E-state index in [-0.39, 0.29) is 18.9 Å². The van der Waals surface area contributed by atoms with Gasteiger partial charge in [-0.3, -0.25) is 9.20 Å². The number of nitrogens with zero attached hydrogens (tertiary/aromatic N) is 2. The van der Waals surface area contributed by atoms with Gasteiger partial charge in [-0.15, -0.1) is 11.3 Å². The maximum atomic E-state index is 11.7. The van der Waals surface area contributed by atoms with Crippen LogP contribution in [0, 0.1) is 0 Å². The molecule has 0 aliphatic carbocycles. The average Bonchev–Trinajstić information content (AvgIpc) is 2.87. The second-order valence-corrected chi connectivity index (χ2v) is 5.50. The number of carbonyl (C=O) groups is 1. The minimum Gasteiger partial charge on any atom is -0.388 e. The van der Waals surface area contributed by atoms with Crippen LogP contribution in [0.4, 0.5) is 0 Å². The Bertz CT molecular complexity index is 516. The number of nitrogens with one attached hydrogen (secondary N) is 1.